The summed E-state index contributed by atoms with van der Waals surface area (Å²) >= 11 is 23.7. The fourth-order valence-corrected chi connectivity index (χ4v) is 10.9. The Balaban J connectivity index is 0.000000260. The lowest BCUT2D eigenvalue weighted by Gasteiger charge is -2.16. The van der Waals surface area contributed by atoms with Crippen molar-refractivity contribution in [1.82, 2.24) is 10.6 Å². The van der Waals surface area contributed by atoms with Gasteiger partial charge >= 0.3 is 0 Å². The molecule has 0 aliphatic heterocycles. The number of ether oxygens (including phenoxy) is 2. The number of nitrogens with one attached hydrogen (secondary N) is 2. The highest BCUT2D eigenvalue weighted by Crippen LogP contribution is 2.39. The minimum atomic E-state index is -3.73. The molecule has 48 heavy (non-hydrogen) atoms. The Bertz CT molecular complexity index is 1680. The van der Waals surface area contributed by atoms with Crippen LogP contribution in [0.3, 0.4) is 0 Å². The van der Waals surface area contributed by atoms with Crippen LogP contribution in [0.25, 0.3) is 0 Å². The topological polar surface area (TPSA) is 193 Å². The van der Waals surface area contributed by atoms with Crippen molar-refractivity contribution < 1.29 is 35.9 Å². The summed E-state index contributed by atoms with van der Waals surface area (Å²) in [5.41, 5.74) is 0. The molecule has 2 aromatic carbocycles. The van der Waals surface area contributed by atoms with Crippen molar-refractivity contribution in [1.29, 1.82) is 10.5 Å². The van der Waals surface area contributed by atoms with Gasteiger partial charge in [-0.25, -0.2) is 16.8 Å². The quantitative estimate of drug-likeness (QED) is 0.327. The molecule has 2 aliphatic rings. The fourth-order valence-electron chi connectivity index (χ4n) is 5.78. The number of sulfone groups is 2. The van der Waals surface area contributed by atoms with Gasteiger partial charge in [0, 0.05) is 24.3 Å². The zero-order chi connectivity index (χ0) is 35.8. The van der Waals surface area contributed by atoms with E-state index in [2.05, 4.69) is 10.6 Å². The van der Waals surface area contributed by atoms with Gasteiger partial charge in [-0.3, -0.25) is 9.59 Å². The molecule has 0 unspecified atom stereocenters. The van der Waals surface area contributed by atoms with Gasteiger partial charge in [-0.15, -0.1) is 0 Å². The van der Waals surface area contributed by atoms with E-state index in [1.807, 2.05) is 12.1 Å². The molecule has 18 heteroatoms. The summed E-state index contributed by atoms with van der Waals surface area (Å²) in [4.78, 5) is 24.2. The number of carbonyl (C=O) groups excluding carboxylic acids is 2. The average Bonchev–Trinajstić information content (AvgIpc) is 3.68. The third-order valence-corrected chi connectivity index (χ3v) is 13.9. The first-order chi connectivity index (χ1) is 22.6. The molecule has 2 aliphatic carbocycles. The minimum absolute atomic E-state index is 0.00787. The van der Waals surface area contributed by atoms with Crippen molar-refractivity contribution in [2.45, 2.75) is 58.2 Å². The highest BCUT2D eigenvalue weighted by molar-refractivity contribution is 7.92. The maximum atomic E-state index is 12.8. The largest absolute Gasteiger partial charge is 0.381 e. The van der Waals surface area contributed by atoms with E-state index < -0.39 is 54.2 Å². The maximum Gasteiger partial charge on any atom is 0.226 e. The molecule has 2 amide bonds. The zero-order valence-corrected chi connectivity index (χ0v) is 30.3. The van der Waals surface area contributed by atoms with Gasteiger partial charge in [-0.05, 0) is 62.1 Å². The van der Waals surface area contributed by atoms with Gasteiger partial charge < -0.3 is 20.1 Å². The molecular formula is C30H32Cl4N4O8S2. The van der Waals surface area contributed by atoms with Gasteiger partial charge in [0.2, 0.25) is 11.8 Å². The zero-order valence-electron chi connectivity index (χ0n) is 25.7. The summed E-state index contributed by atoms with van der Waals surface area (Å²) < 4.78 is 61.9. The number of hydrogen-bond donors (Lipinski definition) is 2. The summed E-state index contributed by atoms with van der Waals surface area (Å²) in [6.45, 7) is -0.265. The van der Waals surface area contributed by atoms with Crippen LogP contribution in [-0.4, -0.2) is 78.7 Å². The third-order valence-electron chi connectivity index (χ3n) is 8.16. The van der Waals surface area contributed by atoms with E-state index in [0.717, 1.165) is 0 Å². The van der Waals surface area contributed by atoms with Crippen LogP contribution in [0, 0.1) is 34.5 Å². The second-order valence-corrected chi connectivity index (χ2v) is 17.0. The monoisotopic (exact) mass is 780 g/mol. The second kappa shape index (κ2) is 17.3. The van der Waals surface area contributed by atoms with Gasteiger partial charge in [0.25, 0.3) is 0 Å². The Hall–Kier alpha value is -2.66. The number of rotatable bonds is 10. The van der Waals surface area contributed by atoms with E-state index in [1.165, 1.54) is 50.6 Å². The summed E-state index contributed by atoms with van der Waals surface area (Å²) in [7, 11) is -4.60. The molecule has 0 radical (unpaired) electrons. The Labute approximate surface area is 299 Å². The summed E-state index contributed by atoms with van der Waals surface area (Å²) in [5, 5.41) is 21.2. The van der Waals surface area contributed by atoms with Gasteiger partial charge in [-0.1, -0.05) is 46.4 Å². The predicted molar refractivity (Wildman–Crippen MR) is 179 cm³/mol. The molecule has 2 N–H and O–H groups in total. The van der Waals surface area contributed by atoms with Gasteiger partial charge in [0.15, 0.2) is 19.7 Å². The van der Waals surface area contributed by atoms with Crippen LogP contribution in [0.5, 0.6) is 0 Å². The number of hydrogen-bond acceptors (Lipinski definition) is 10. The molecule has 2 saturated carbocycles. The second-order valence-electron chi connectivity index (χ2n) is 10.9. The number of nitrogens with zero attached hydrogens (tertiary/aromatic N) is 2. The maximum absolute atomic E-state index is 12.8. The van der Waals surface area contributed by atoms with Gasteiger partial charge in [0.1, 0.15) is 13.1 Å². The van der Waals surface area contributed by atoms with E-state index in [0.29, 0.717) is 10.0 Å². The van der Waals surface area contributed by atoms with Crippen LogP contribution in [0.15, 0.2) is 46.2 Å². The van der Waals surface area contributed by atoms with E-state index in [-0.39, 0.29) is 70.4 Å². The highest BCUT2D eigenvalue weighted by Gasteiger charge is 2.46. The Morgan fingerprint density at radius 2 is 1.06 bits per heavy atom. The lowest BCUT2D eigenvalue weighted by atomic mass is 10.1. The first-order valence-corrected chi connectivity index (χ1v) is 19.0. The van der Waals surface area contributed by atoms with Crippen molar-refractivity contribution >= 4 is 77.9 Å². The molecule has 0 heterocycles. The van der Waals surface area contributed by atoms with E-state index in [1.54, 1.807) is 0 Å². The molecule has 12 nitrogen and oxygen atoms in total. The van der Waals surface area contributed by atoms with Crippen molar-refractivity contribution in [3.8, 4) is 12.1 Å². The molecule has 4 rings (SSSR count). The van der Waals surface area contributed by atoms with E-state index in [9.17, 15) is 26.4 Å². The van der Waals surface area contributed by atoms with Crippen molar-refractivity contribution in [3.63, 3.8) is 0 Å². The molecule has 0 bridgehead atoms. The molecule has 2 fully saturated rings. The normalized spacial score (nSPS) is 23.7. The van der Waals surface area contributed by atoms with Crippen LogP contribution in [0.2, 0.25) is 20.1 Å². The smallest absolute Gasteiger partial charge is 0.226 e. The van der Waals surface area contributed by atoms with Crippen molar-refractivity contribution in [2.75, 3.05) is 27.3 Å². The van der Waals surface area contributed by atoms with Crippen molar-refractivity contribution in [2.24, 2.45) is 11.8 Å². The first-order valence-electron chi connectivity index (χ1n) is 14.3. The Kier molecular flexibility index (Phi) is 14.4. The lowest BCUT2D eigenvalue weighted by molar-refractivity contribution is -0.128. The molecular weight excluding hydrogens is 750 g/mol. The number of nitriles is 2. The van der Waals surface area contributed by atoms with E-state index in [4.69, 9.17) is 66.4 Å². The Morgan fingerprint density at radius 3 is 1.35 bits per heavy atom. The van der Waals surface area contributed by atoms with Crippen LogP contribution >= 0.6 is 46.4 Å². The van der Waals surface area contributed by atoms with E-state index >= 15 is 0 Å². The summed E-state index contributed by atoms with van der Waals surface area (Å²) in [6.07, 6.45) is -0.483. The number of benzene rings is 2. The predicted octanol–water partition coefficient (Wildman–Crippen LogP) is 4.40. The van der Waals surface area contributed by atoms with Crippen LogP contribution in [0.1, 0.15) is 25.7 Å². The summed E-state index contributed by atoms with van der Waals surface area (Å²) in [6, 6.07) is 12.0. The van der Waals surface area contributed by atoms with Gasteiger partial charge in [0.05, 0.1) is 66.5 Å². The number of methoxy groups -OCH3 is 2. The standard InChI is InChI=1S/2C15H16Cl2N2O4S/c2*1-23-13-8-10(7-11(13)15(20)19-5-4-18)24(21,22)14-3-2-9(16)6-12(14)17/h2*2-3,6,10-11,13H,5,7-8H2,1H3,(H,19,20)/t2*10-,11-,13-/m10/s1. The molecule has 0 saturated heterocycles. The van der Waals surface area contributed by atoms with Crippen molar-refractivity contribution in [3.05, 3.63) is 56.5 Å². The van der Waals surface area contributed by atoms with Gasteiger partial charge in [-0.2, -0.15) is 10.5 Å². The molecule has 260 valence electrons. The number of carbonyl (C=O) groups is 2. The SMILES string of the molecule is CO[C@@H]1C[C@H](S(=O)(=O)c2ccc(Cl)cc2Cl)C[C@H]1C(=O)NCC#N.CO[C@H]1C[C@@H](S(=O)(=O)c2ccc(Cl)cc2Cl)C[C@@H]1C(=O)NCC#N. The Morgan fingerprint density at radius 1 is 0.708 bits per heavy atom. The molecule has 6 atom stereocenters. The molecule has 0 aromatic heterocycles. The lowest BCUT2D eigenvalue weighted by Crippen LogP contribution is -2.35. The van der Waals surface area contributed by atoms with Crippen LogP contribution in [-0.2, 0) is 38.7 Å². The average molecular weight is 783 g/mol. The fraction of sp³-hybridized carbons (Fsp3) is 0.467. The van der Waals surface area contributed by atoms with Crippen LogP contribution in [0.4, 0.5) is 0 Å². The highest BCUT2D eigenvalue weighted by atomic mass is 35.5. The number of amides is 2. The molecule has 0 spiro atoms. The van der Waals surface area contributed by atoms with Crippen LogP contribution < -0.4 is 10.6 Å². The third kappa shape index (κ3) is 9.31. The number of halogens is 4. The summed E-state index contributed by atoms with van der Waals surface area (Å²) in [5.74, 6) is -2.03. The first kappa shape index (κ1) is 39.8. The molecule has 2 aromatic rings. The minimum Gasteiger partial charge on any atom is -0.381 e.